The Morgan fingerprint density at radius 2 is 1.76 bits per heavy atom. The molecular weight excluding hydrogens is 221 g/mol. The van der Waals surface area contributed by atoms with Crippen LogP contribution < -0.4 is 5.46 Å². The molecule has 90 valence electrons. The number of nitro benzene ring substituents is 1. The number of hydrogen-bond donors (Lipinski definition) is 0. The number of nitro groups is 1. The Morgan fingerprint density at radius 3 is 2.24 bits per heavy atom. The Bertz CT molecular complexity index is 408. The van der Waals surface area contributed by atoms with E-state index >= 15 is 0 Å². The zero-order valence-electron chi connectivity index (χ0n) is 9.88. The molecule has 0 aromatic heterocycles. The van der Waals surface area contributed by atoms with Gasteiger partial charge in [0.15, 0.2) is 0 Å². The van der Waals surface area contributed by atoms with Crippen molar-refractivity contribution in [2.45, 2.75) is 13.8 Å². The number of benzene rings is 1. The summed E-state index contributed by atoms with van der Waals surface area (Å²) in [6, 6.07) is 6.26. The van der Waals surface area contributed by atoms with E-state index in [9.17, 15) is 10.1 Å². The maximum absolute atomic E-state index is 10.5. The summed E-state index contributed by atoms with van der Waals surface area (Å²) in [6.45, 7) is 5.38. The lowest BCUT2D eigenvalue weighted by atomic mass is 9.76. The molecule has 1 fully saturated rings. The summed E-state index contributed by atoms with van der Waals surface area (Å²) >= 11 is 0. The molecule has 1 aliphatic rings. The van der Waals surface area contributed by atoms with Gasteiger partial charge in [-0.1, -0.05) is 26.0 Å². The molecule has 0 atom stereocenters. The van der Waals surface area contributed by atoms with Crippen LogP contribution in [-0.2, 0) is 9.31 Å². The van der Waals surface area contributed by atoms with Gasteiger partial charge < -0.3 is 9.31 Å². The Labute approximate surface area is 100 Å². The van der Waals surface area contributed by atoms with Gasteiger partial charge in [-0.05, 0) is 5.46 Å². The van der Waals surface area contributed by atoms with Crippen LogP contribution in [0, 0.1) is 15.5 Å². The molecule has 1 heterocycles. The number of hydrogen-bond acceptors (Lipinski definition) is 4. The molecule has 0 unspecified atom stereocenters. The van der Waals surface area contributed by atoms with E-state index in [1.165, 1.54) is 12.1 Å². The molecule has 0 aliphatic carbocycles. The third kappa shape index (κ3) is 2.84. The van der Waals surface area contributed by atoms with Crippen LogP contribution in [0.25, 0.3) is 0 Å². The lowest BCUT2D eigenvalue weighted by Gasteiger charge is -2.33. The van der Waals surface area contributed by atoms with Crippen molar-refractivity contribution in [2.24, 2.45) is 5.41 Å². The number of non-ortho nitro benzene ring substituents is 1. The van der Waals surface area contributed by atoms with E-state index in [1.54, 1.807) is 12.1 Å². The van der Waals surface area contributed by atoms with Crippen molar-refractivity contribution in [3.05, 3.63) is 34.4 Å². The second kappa shape index (κ2) is 4.47. The summed E-state index contributed by atoms with van der Waals surface area (Å²) < 4.78 is 11.2. The molecule has 17 heavy (non-hydrogen) atoms. The lowest BCUT2D eigenvalue weighted by molar-refractivity contribution is -0.384. The zero-order valence-corrected chi connectivity index (χ0v) is 9.88. The highest BCUT2D eigenvalue weighted by Gasteiger charge is 2.33. The van der Waals surface area contributed by atoms with Gasteiger partial charge in [-0.15, -0.1) is 0 Å². The quantitative estimate of drug-likeness (QED) is 0.441. The molecule has 0 radical (unpaired) electrons. The second-order valence-electron chi connectivity index (χ2n) is 4.97. The minimum atomic E-state index is -0.421. The van der Waals surface area contributed by atoms with E-state index in [-0.39, 0.29) is 11.1 Å². The molecule has 0 N–H and O–H groups in total. The van der Waals surface area contributed by atoms with Crippen molar-refractivity contribution < 1.29 is 14.2 Å². The first-order valence-corrected chi connectivity index (χ1v) is 5.45. The first-order valence-electron chi connectivity index (χ1n) is 5.45. The van der Waals surface area contributed by atoms with Gasteiger partial charge in [0.05, 0.1) is 4.92 Å². The average Bonchev–Trinajstić information content (AvgIpc) is 2.29. The highest BCUT2D eigenvalue weighted by Crippen LogP contribution is 2.21. The van der Waals surface area contributed by atoms with Gasteiger partial charge in [-0.25, -0.2) is 0 Å². The minimum Gasteiger partial charge on any atom is -0.407 e. The van der Waals surface area contributed by atoms with Crippen molar-refractivity contribution in [3.8, 4) is 0 Å². The molecule has 1 aromatic carbocycles. The molecule has 1 saturated heterocycles. The summed E-state index contributed by atoms with van der Waals surface area (Å²) in [4.78, 5) is 10.1. The van der Waals surface area contributed by atoms with Crippen LogP contribution in [0.1, 0.15) is 13.8 Å². The standard InChI is InChI=1S/C11H14BNO4/c1-11(2)7-16-12(17-8-11)9-3-5-10(6-4-9)13(14)15/h3-6H,7-8H2,1-2H3. The lowest BCUT2D eigenvalue weighted by Crippen LogP contribution is -2.47. The van der Waals surface area contributed by atoms with Gasteiger partial charge in [0.25, 0.3) is 5.69 Å². The second-order valence-corrected chi connectivity index (χ2v) is 4.97. The normalized spacial score (nSPS) is 19.1. The third-order valence-electron chi connectivity index (χ3n) is 2.63. The predicted molar refractivity (Wildman–Crippen MR) is 64.2 cm³/mol. The summed E-state index contributed by atoms with van der Waals surface area (Å²) in [5.41, 5.74) is 0.910. The molecule has 0 amide bonds. The molecule has 1 aromatic rings. The highest BCUT2D eigenvalue weighted by molar-refractivity contribution is 6.61. The topological polar surface area (TPSA) is 61.6 Å². The number of rotatable bonds is 2. The maximum atomic E-state index is 10.5. The molecule has 6 heteroatoms. The summed E-state index contributed by atoms with van der Waals surface area (Å²) in [5, 5.41) is 10.5. The van der Waals surface area contributed by atoms with Crippen LogP contribution in [0.4, 0.5) is 5.69 Å². The van der Waals surface area contributed by atoms with Gasteiger partial charge in [0, 0.05) is 30.8 Å². The summed E-state index contributed by atoms with van der Waals surface area (Å²) in [6.07, 6.45) is 0. The average molecular weight is 235 g/mol. The molecular formula is C11H14BNO4. The summed E-state index contributed by atoms with van der Waals surface area (Å²) in [7, 11) is -0.413. The van der Waals surface area contributed by atoms with E-state index in [4.69, 9.17) is 9.31 Å². The van der Waals surface area contributed by atoms with Crippen LogP contribution in [0.3, 0.4) is 0 Å². The van der Waals surface area contributed by atoms with Crippen LogP contribution >= 0.6 is 0 Å². The minimum absolute atomic E-state index is 0.0251. The first kappa shape index (κ1) is 12.1. The molecule has 1 aliphatic heterocycles. The van der Waals surface area contributed by atoms with E-state index in [0.29, 0.717) is 13.2 Å². The van der Waals surface area contributed by atoms with E-state index < -0.39 is 12.0 Å². The van der Waals surface area contributed by atoms with Gasteiger partial charge >= 0.3 is 7.12 Å². The van der Waals surface area contributed by atoms with Crippen molar-refractivity contribution in [1.29, 1.82) is 0 Å². The predicted octanol–water partition coefficient (Wildman–Crippen LogP) is 1.36. The van der Waals surface area contributed by atoms with Crippen LogP contribution in [0.5, 0.6) is 0 Å². The Kier molecular flexibility index (Phi) is 3.17. The fourth-order valence-electron chi connectivity index (χ4n) is 1.64. The Balaban J connectivity index is 2.06. The van der Waals surface area contributed by atoms with Crippen LogP contribution in [0.15, 0.2) is 24.3 Å². The largest absolute Gasteiger partial charge is 0.493 e. The Hall–Kier alpha value is -1.40. The molecule has 0 bridgehead atoms. The zero-order chi connectivity index (χ0) is 12.5. The van der Waals surface area contributed by atoms with E-state index in [0.717, 1.165) is 5.46 Å². The molecule has 0 spiro atoms. The van der Waals surface area contributed by atoms with E-state index in [2.05, 4.69) is 13.8 Å². The van der Waals surface area contributed by atoms with Crippen molar-refractivity contribution in [2.75, 3.05) is 13.2 Å². The molecule has 2 rings (SSSR count). The van der Waals surface area contributed by atoms with Gasteiger partial charge in [-0.2, -0.15) is 0 Å². The smallest absolute Gasteiger partial charge is 0.407 e. The maximum Gasteiger partial charge on any atom is 0.493 e. The van der Waals surface area contributed by atoms with Gasteiger partial charge in [0.2, 0.25) is 0 Å². The first-order chi connectivity index (χ1) is 7.98. The van der Waals surface area contributed by atoms with Crippen molar-refractivity contribution in [1.82, 2.24) is 0 Å². The van der Waals surface area contributed by atoms with Crippen molar-refractivity contribution >= 4 is 18.3 Å². The number of nitrogens with zero attached hydrogens (tertiary/aromatic N) is 1. The fourth-order valence-corrected chi connectivity index (χ4v) is 1.64. The van der Waals surface area contributed by atoms with Crippen LogP contribution in [0.2, 0.25) is 0 Å². The molecule has 5 nitrogen and oxygen atoms in total. The third-order valence-corrected chi connectivity index (χ3v) is 2.63. The van der Waals surface area contributed by atoms with Crippen molar-refractivity contribution in [3.63, 3.8) is 0 Å². The fraction of sp³-hybridized carbons (Fsp3) is 0.455. The van der Waals surface area contributed by atoms with E-state index in [1.807, 2.05) is 0 Å². The highest BCUT2D eigenvalue weighted by atomic mass is 16.6. The molecule has 0 saturated carbocycles. The summed E-state index contributed by atoms with van der Waals surface area (Å²) in [5.74, 6) is 0. The SMILES string of the molecule is CC1(C)COB(c2ccc([N+](=O)[O-])cc2)OC1. The van der Waals surface area contributed by atoms with Gasteiger partial charge in [0.1, 0.15) is 0 Å². The van der Waals surface area contributed by atoms with Gasteiger partial charge in [-0.3, -0.25) is 10.1 Å². The monoisotopic (exact) mass is 235 g/mol. The van der Waals surface area contributed by atoms with Crippen LogP contribution in [-0.4, -0.2) is 25.3 Å². The Morgan fingerprint density at radius 1 is 1.24 bits per heavy atom.